The van der Waals surface area contributed by atoms with E-state index in [9.17, 15) is 9.59 Å². The minimum absolute atomic E-state index is 0.00807. The highest BCUT2D eigenvalue weighted by atomic mass is 16.2. The molecule has 0 aromatic heterocycles. The second-order valence-electron chi connectivity index (χ2n) is 6.71. The first-order valence-corrected chi connectivity index (χ1v) is 8.78. The topological polar surface area (TPSA) is 49.4 Å². The van der Waals surface area contributed by atoms with Gasteiger partial charge in [-0.05, 0) is 30.0 Å². The Morgan fingerprint density at radius 3 is 2.58 bits per heavy atom. The van der Waals surface area contributed by atoms with E-state index in [-0.39, 0.29) is 24.2 Å². The molecule has 1 N–H and O–H groups in total. The molecule has 4 heteroatoms. The fourth-order valence-corrected chi connectivity index (χ4v) is 3.51. The van der Waals surface area contributed by atoms with E-state index < -0.39 is 0 Å². The monoisotopic (exact) mass is 344 g/mol. The van der Waals surface area contributed by atoms with Crippen LogP contribution < -0.4 is 10.2 Å². The van der Waals surface area contributed by atoms with Crippen molar-refractivity contribution in [2.75, 3.05) is 16.8 Å². The fraction of sp³-hybridized carbons (Fsp3) is 0.182. The van der Waals surface area contributed by atoms with Crippen LogP contribution >= 0.6 is 0 Å². The molecule has 1 fully saturated rings. The van der Waals surface area contributed by atoms with Gasteiger partial charge in [-0.1, -0.05) is 54.6 Å². The summed E-state index contributed by atoms with van der Waals surface area (Å²) in [6.07, 6.45) is 0.237. The molecule has 3 aromatic carbocycles. The van der Waals surface area contributed by atoms with Gasteiger partial charge in [0, 0.05) is 24.0 Å². The molecule has 1 saturated heterocycles. The van der Waals surface area contributed by atoms with Crippen LogP contribution in [0, 0.1) is 12.8 Å². The molecular weight excluding hydrogens is 324 g/mol. The van der Waals surface area contributed by atoms with Crippen LogP contribution in [0.25, 0.3) is 10.8 Å². The molecule has 3 aromatic rings. The van der Waals surface area contributed by atoms with Crippen LogP contribution in [0.1, 0.15) is 12.0 Å². The molecule has 0 aliphatic carbocycles. The molecule has 0 saturated carbocycles. The number of carbonyl (C=O) groups is 2. The molecule has 26 heavy (non-hydrogen) atoms. The number of benzene rings is 3. The molecule has 0 spiro atoms. The molecule has 130 valence electrons. The van der Waals surface area contributed by atoms with Crippen molar-refractivity contribution in [3.63, 3.8) is 0 Å². The van der Waals surface area contributed by atoms with Gasteiger partial charge < -0.3 is 10.2 Å². The number of anilines is 2. The van der Waals surface area contributed by atoms with Gasteiger partial charge in [-0.3, -0.25) is 9.59 Å². The van der Waals surface area contributed by atoms with Crippen molar-refractivity contribution in [3.8, 4) is 0 Å². The molecule has 1 aliphatic rings. The molecular formula is C22H20N2O2. The largest absolute Gasteiger partial charge is 0.326 e. The molecule has 1 atom stereocenters. The third-order valence-corrected chi connectivity index (χ3v) is 4.96. The predicted molar refractivity (Wildman–Crippen MR) is 104 cm³/mol. The smallest absolute Gasteiger partial charge is 0.229 e. The van der Waals surface area contributed by atoms with Gasteiger partial charge in [0.2, 0.25) is 11.8 Å². The van der Waals surface area contributed by atoms with E-state index in [1.165, 1.54) is 0 Å². The molecule has 1 aliphatic heterocycles. The number of fused-ring (bicyclic) bond motifs is 1. The Hall–Kier alpha value is -3.14. The lowest BCUT2D eigenvalue weighted by Gasteiger charge is -2.19. The van der Waals surface area contributed by atoms with Gasteiger partial charge in [0.1, 0.15) is 0 Å². The van der Waals surface area contributed by atoms with E-state index in [1.54, 1.807) is 4.90 Å². The maximum atomic E-state index is 12.7. The number of nitrogens with one attached hydrogen (secondary N) is 1. The summed E-state index contributed by atoms with van der Waals surface area (Å²) in [5.74, 6) is -0.456. The lowest BCUT2D eigenvalue weighted by Crippen LogP contribution is -2.28. The molecule has 1 heterocycles. The van der Waals surface area contributed by atoms with Crippen molar-refractivity contribution in [2.24, 2.45) is 5.92 Å². The predicted octanol–water partition coefficient (Wildman–Crippen LogP) is 4.14. The second-order valence-corrected chi connectivity index (χ2v) is 6.71. The Morgan fingerprint density at radius 1 is 1.00 bits per heavy atom. The number of aryl methyl sites for hydroxylation is 1. The summed E-state index contributed by atoms with van der Waals surface area (Å²) in [6.45, 7) is 2.36. The SMILES string of the molecule is Cc1ccccc1NC(=O)[C@@H]1CC(=O)N(c2cccc3ccccc23)C1. The summed E-state index contributed by atoms with van der Waals surface area (Å²) in [4.78, 5) is 27.0. The standard InChI is InChI=1S/C22H20N2O2/c1-15-7-2-5-11-19(15)23-22(26)17-13-21(25)24(14-17)20-12-6-9-16-8-3-4-10-18(16)20/h2-12,17H,13-14H2,1H3,(H,23,26)/t17-/m1/s1. The van der Waals surface area contributed by atoms with Gasteiger partial charge >= 0.3 is 0 Å². The number of carbonyl (C=O) groups excluding carboxylic acids is 2. The maximum Gasteiger partial charge on any atom is 0.229 e. The van der Waals surface area contributed by atoms with E-state index in [2.05, 4.69) is 5.32 Å². The van der Waals surface area contributed by atoms with E-state index in [4.69, 9.17) is 0 Å². The average molecular weight is 344 g/mol. The molecule has 2 amide bonds. The molecule has 4 nitrogen and oxygen atoms in total. The fourth-order valence-electron chi connectivity index (χ4n) is 3.51. The van der Waals surface area contributed by atoms with Gasteiger partial charge in [-0.2, -0.15) is 0 Å². The van der Waals surface area contributed by atoms with Gasteiger partial charge in [0.05, 0.1) is 11.6 Å². The average Bonchev–Trinajstić information content (AvgIpc) is 3.05. The summed E-state index contributed by atoms with van der Waals surface area (Å²) in [5.41, 5.74) is 2.68. The van der Waals surface area contributed by atoms with E-state index in [0.717, 1.165) is 27.7 Å². The van der Waals surface area contributed by atoms with Crippen molar-refractivity contribution in [2.45, 2.75) is 13.3 Å². The first-order chi connectivity index (χ1) is 12.6. The van der Waals surface area contributed by atoms with Crippen LogP contribution in [0.2, 0.25) is 0 Å². The van der Waals surface area contributed by atoms with Gasteiger partial charge in [-0.25, -0.2) is 0 Å². The summed E-state index contributed by atoms with van der Waals surface area (Å²) in [5, 5.41) is 5.08. The van der Waals surface area contributed by atoms with E-state index in [0.29, 0.717) is 6.54 Å². The molecule has 0 unspecified atom stereocenters. The number of nitrogens with zero attached hydrogens (tertiary/aromatic N) is 1. The van der Waals surface area contributed by atoms with Crippen LogP contribution in [0.3, 0.4) is 0 Å². The summed E-state index contributed by atoms with van der Waals surface area (Å²) >= 11 is 0. The normalized spacial score (nSPS) is 16.9. The van der Waals surface area contributed by atoms with Gasteiger partial charge in [0.15, 0.2) is 0 Å². The van der Waals surface area contributed by atoms with E-state index in [1.807, 2.05) is 73.7 Å². The number of rotatable bonds is 3. The minimum Gasteiger partial charge on any atom is -0.326 e. The van der Waals surface area contributed by atoms with Gasteiger partial charge in [-0.15, -0.1) is 0 Å². The quantitative estimate of drug-likeness (QED) is 0.776. The van der Waals surface area contributed by atoms with Crippen molar-refractivity contribution < 1.29 is 9.59 Å². The summed E-state index contributed by atoms with van der Waals surface area (Å²) < 4.78 is 0. The highest BCUT2D eigenvalue weighted by Crippen LogP contribution is 2.32. The Morgan fingerprint density at radius 2 is 1.73 bits per heavy atom. The zero-order valence-electron chi connectivity index (χ0n) is 14.6. The van der Waals surface area contributed by atoms with E-state index >= 15 is 0 Å². The highest BCUT2D eigenvalue weighted by molar-refractivity contribution is 6.08. The van der Waals surface area contributed by atoms with Crippen molar-refractivity contribution in [1.29, 1.82) is 0 Å². The number of hydrogen-bond donors (Lipinski definition) is 1. The van der Waals surface area contributed by atoms with Crippen LogP contribution in [-0.4, -0.2) is 18.4 Å². The minimum atomic E-state index is -0.346. The number of hydrogen-bond acceptors (Lipinski definition) is 2. The third-order valence-electron chi connectivity index (χ3n) is 4.96. The molecule has 4 rings (SSSR count). The summed E-state index contributed by atoms with van der Waals surface area (Å²) in [7, 11) is 0. The van der Waals surface area contributed by atoms with Crippen LogP contribution in [-0.2, 0) is 9.59 Å². The van der Waals surface area contributed by atoms with Crippen molar-refractivity contribution >= 4 is 34.0 Å². The Bertz CT molecular complexity index is 991. The van der Waals surface area contributed by atoms with Gasteiger partial charge in [0.25, 0.3) is 0 Å². The lowest BCUT2D eigenvalue weighted by atomic mass is 10.1. The molecule has 0 radical (unpaired) electrons. The zero-order chi connectivity index (χ0) is 18.1. The van der Waals surface area contributed by atoms with Crippen molar-refractivity contribution in [3.05, 3.63) is 72.3 Å². The third kappa shape index (κ3) is 2.94. The maximum absolute atomic E-state index is 12.7. The molecule has 0 bridgehead atoms. The highest BCUT2D eigenvalue weighted by Gasteiger charge is 2.35. The van der Waals surface area contributed by atoms with Crippen LogP contribution in [0.4, 0.5) is 11.4 Å². The number of amides is 2. The lowest BCUT2D eigenvalue weighted by molar-refractivity contribution is -0.122. The van der Waals surface area contributed by atoms with Crippen LogP contribution in [0.15, 0.2) is 66.7 Å². The first kappa shape index (κ1) is 16.3. The van der Waals surface area contributed by atoms with Crippen LogP contribution in [0.5, 0.6) is 0 Å². The first-order valence-electron chi connectivity index (χ1n) is 8.78. The summed E-state index contributed by atoms with van der Waals surface area (Å²) in [6, 6.07) is 21.6. The Balaban J connectivity index is 1.57. The zero-order valence-corrected chi connectivity index (χ0v) is 14.6. The Labute approximate surface area is 152 Å². The van der Waals surface area contributed by atoms with Crippen molar-refractivity contribution in [1.82, 2.24) is 0 Å². The Kier molecular flexibility index (Phi) is 4.17. The number of para-hydroxylation sites is 1. The second kappa shape index (κ2) is 6.64.